The second-order valence-electron chi connectivity index (χ2n) is 7.23. The van der Waals surface area contributed by atoms with Crippen molar-refractivity contribution in [3.05, 3.63) is 59.8 Å². The molecule has 1 saturated heterocycles. The molecule has 0 bridgehead atoms. The number of hydrogen-bond acceptors (Lipinski definition) is 4. The van der Waals surface area contributed by atoms with Crippen LogP contribution >= 0.6 is 0 Å². The van der Waals surface area contributed by atoms with Gasteiger partial charge >= 0.3 is 7.12 Å². The smallest absolute Gasteiger partial charge is 0.398 e. The van der Waals surface area contributed by atoms with Gasteiger partial charge in [0.2, 0.25) is 0 Å². The fourth-order valence-corrected chi connectivity index (χ4v) is 2.52. The Morgan fingerprint density at radius 1 is 1.04 bits per heavy atom. The van der Waals surface area contributed by atoms with E-state index in [0.29, 0.717) is 17.7 Å². The van der Waals surface area contributed by atoms with E-state index in [4.69, 9.17) is 9.31 Å². The molecule has 1 aromatic heterocycles. The van der Waals surface area contributed by atoms with Crippen molar-refractivity contribution in [2.24, 2.45) is 0 Å². The van der Waals surface area contributed by atoms with Gasteiger partial charge < -0.3 is 14.6 Å². The molecule has 0 atom stereocenters. The van der Waals surface area contributed by atoms with Gasteiger partial charge in [-0.1, -0.05) is 30.3 Å². The molecule has 0 spiro atoms. The second-order valence-corrected chi connectivity index (χ2v) is 7.23. The van der Waals surface area contributed by atoms with Crippen molar-refractivity contribution in [2.75, 3.05) is 0 Å². The second kappa shape index (κ2) is 6.62. The minimum atomic E-state index is -0.522. The summed E-state index contributed by atoms with van der Waals surface area (Å²) in [6.07, 6.45) is 1.56. The Balaban J connectivity index is 1.63. The van der Waals surface area contributed by atoms with Crippen LogP contribution in [0.15, 0.2) is 48.7 Å². The summed E-state index contributed by atoms with van der Waals surface area (Å²) in [5, 5.41) is 2.89. The van der Waals surface area contributed by atoms with E-state index in [0.717, 1.165) is 5.56 Å². The highest BCUT2D eigenvalue weighted by Gasteiger charge is 2.52. The number of aromatic nitrogens is 1. The zero-order valence-electron chi connectivity index (χ0n) is 15.1. The normalized spacial score (nSPS) is 18.2. The Morgan fingerprint density at radius 2 is 1.68 bits per heavy atom. The summed E-state index contributed by atoms with van der Waals surface area (Å²) in [5.74, 6) is -0.156. The minimum Gasteiger partial charge on any atom is -0.398 e. The van der Waals surface area contributed by atoms with E-state index < -0.39 is 18.3 Å². The van der Waals surface area contributed by atoms with Crippen LogP contribution in [0.25, 0.3) is 0 Å². The first kappa shape index (κ1) is 17.6. The number of pyridine rings is 1. The first-order valence-electron chi connectivity index (χ1n) is 8.42. The molecule has 5 nitrogen and oxygen atoms in total. The van der Waals surface area contributed by atoms with E-state index in [1.165, 1.54) is 0 Å². The molecule has 3 rings (SSSR count). The number of benzene rings is 1. The number of nitrogens with zero attached hydrogens (tertiary/aromatic N) is 1. The van der Waals surface area contributed by atoms with Gasteiger partial charge in [-0.2, -0.15) is 0 Å². The van der Waals surface area contributed by atoms with Crippen LogP contribution in [0.5, 0.6) is 0 Å². The summed E-state index contributed by atoms with van der Waals surface area (Å²) in [5.41, 5.74) is 1.41. The molecular weight excluding hydrogens is 315 g/mol. The molecule has 1 fully saturated rings. The van der Waals surface area contributed by atoms with Crippen molar-refractivity contribution in [1.82, 2.24) is 10.3 Å². The molecule has 1 aliphatic rings. The molecule has 1 N–H and O–H groups in total. The SMILES string of the molecule is CC1(C)OB(c2ccc(C(=O)NCc3ccccc3)cn2)OC1(C)C. The van der Waals surface area contributed by atoms with Gasteiger partial charge in [-0.05, 0) is 45.4 Å². The van der Waals surface area contributed by atoms with E-state index in [2.05, 4.69) is 10.3 Å². The van der Waals surface area contributed by atoms with Crippen molar-refractivity contribution in [3.8, 4) is 0 Å². The van der Waals surface area contributed by atoms with Crippen molar-refractivity contribution in [3.63, 3.8) is 0 Å². The number of nitrogens with one attached hydrogen (secondary N) is 1. The number of rotatable bonds is 4. The highest BCUT2D eigenvalue weighted by molar-refractivity contribution is 6.61. The summed E-state index contributed by atoms with van der Waals surface area (Å²) in [6, 6.07) is 13.3. The molecule has 6 heteroatoms. The average molecular weight is 338 g/mol. The van der Waals surface area contributed by atoms with Crippen LogP contribution in [-0.4, -0.2) is 29.2 Å². The number of carbonyl (C=O) groups is 1. The predicted octanol–water partition coefficient (Wildman–Crippen LogP) is 2.31. The Hall–Kier alpha value is -2.18. The molecule has 1 amide bonds. The Bertz CT molecular complexity index is 729. The molecular formula is C19H23BN2O3. The van der Waals surface area contributed by atoms with Gasteiger partial charge in [-0.15, -0.1) is 0 Å². The van der Waals surface area contributed by atoms with Crippen LogP contribution in [-0.2, 0) is 15.9 Å². The zero-order valence-corrected chi connectivity index (χ0v) is 15.1. The van der Waals surface area contributed by atoms with Crippen LogP contribution in [0, 0.1) is 0 Å². The number of amides is 1. The maximum Gasteiger partial charge on any atom is 0.514 e. The number of hydrogen-bond donors (Lipinski definition) is 1. The lowest BCUT2D eigenvalue weighted by atomic mass is 9.84. The first-order valence-corrected chi connectivity index (χ1v) is 8.42. The summed E-state index contributed by atoms with van der Waals surface area (Å²) in [4.78, 5) is 16.6. The molecule has 0 saturated carbocycles. The van der Waals surface area contributed by atoms with Crippen LogP contribution in [0.2, 0.25) is 0 Å². The van der Waals surface area contributed by atoms with Crippen molar-refractivity contribution < 1.29 is 14.1 Å². The third kappa shape index (κ3) is 3.75. The van der Waals surface area contributed by atoms with Crippen LogP contribution in [0.4, 0.5) is 0 Å². The summed E-state index contributed by atoms with van der Waals surface area (Å²) >= 11 is 0. The fourth-order valence-electron chi connectivity index (χ4n) is 2.52. The quantitative estimate of drug-likeness (QED) is 0.869. The third-order valence-corrected chi connectivity index (χ3v) is 4.84. The monoisotopic (exact) mass is 338 g/mol. The van der Waals surface area contributed by atoms with Gasteiger partial charge in [0, 0.05) is 12.7 Å². The Morgan fingerprint density at radius 3 is 2.24 bits per heavy atom. The predicted molar refractivity (Wildman–Crippen MR) is 97.6 cm³/mol. The molecule has 0 unspecified atom stereocenters. The highest BCUT2D eigenvalue weighted by Crippen LogP contribution is 2.36. The molecule has 2 aromatic rings. The lowest BCUT2D eigenvalue weighted by molar-refractivity contribution is 0.00578. The third-order valence-electron chi connectivity index (χ3n) is 4.84. The Labute approximate surface area is 148 Å². The lowest BCUT2D eigenvalue weighted by Crippen LogP contribution is -2.41. The summed E-state index contributed by atoms with van der Waals surface area (Å²) in [6.45, 7) is 8.48. The van der Waals surface area contributed by atoms with Gasteiger partial charge in [0.25, 0.3) is 5.91 Å². The maximum absolute atomic E-state index is 12.2. The van der Waals surface area contributed by atoms with E-state index in [-0.39, 0.29) is 5.91 Å². The van der Waals surface area contributed by atoms with Gasteiger partial charge in [0.15, 0.2) is 0 Å². The van der Waals surface area contributed by atoms with Crippen molar-refractivity contribution in [2.45, 2.75) is 45.4 Å². The zero-order chi connectivity index (χ0) is 18.1. The molecule has 0 aliphatic carbocycles. The first-order chi connectivity index (χ1) is 11.8. The van der Waals surface area contributed by atoms with Gasteiger partial charge in [-0.3, -0.25) is 9.78 Å². The molecule has 2 heterocycles. The van der Waals surface area contributed by atoms with E-state index >= 15 is 0 Å². The Kier molecular flexibility index (Phi) is 4.67. The van der Waals surface area contributed by atoms with Gasteiger partial charge in [-0.25, -0.2) is 0 Å². The topological polar surface area (TPSA) is 60.5 Å². The van der Waals surface area contributed by atoms with Gasteiger partial charge in [0.05, 0.1) is 22.4 Å². The lowest BCUT2D eigenvalue weighted by Gasteiger charge is -2.32. The molecule has 130 valence electrons. The van der Waals surface area contributed by atoms with E-state index in [1.807, 2.05) is 58.0 Å². The fraction of sp³-hybridized carbons (Fsp3) is 0.368. The van der Waals surface area contributed by atoms with E-state index in [1.54, 1.807) is 18.3 Å². The summed E-state index contributed by atoms with van der Waals surface area (Å²) in [7, 11) is -0.522. The minimum absolute atomic E-state index is 0.156. The van der Waals surface area contributed by atoms with E-state index in [9.17, 15) is 4.79 Å². The maximum atomic E-state index is 12.2. The summed E-state index contributed by atoms with van der Waals surface area (Å²) < 4.78 is 11.9. The molecule has 1 aromatic carbocycles. The molecule has 1 aliphatic heterocycles. The highest BCUT2D eigenvalue weighted by atomic mass is 16.7. The van der Waals surface area contributed by atoms with Crippen LogP contribution in [0.3, 0.4) is 0 Å². The average Bonchev–Trinajstić information content (AvgIpc) is 2.81. The van der Waals surface area contributed by atoms with Gasteiger partial charge in [0.1, 0.15) is 0 Å². The van der Waals surface area contributed by atoms with Crippen LogP contribution in [0.1, 0.15) is 43.6 Å². The largest absolute Gasteiger partial charge is 0.514 e. The molecule has 25 heavy (non-hydrogen) atoms. The van der Waals surface area contributed by atoms with Crippen molar-refractivity contribution >= 4 is 18.6 Å². The molecule has 0 radical (unpaired) electrons. The van der Waals surface area contributed by atoms with Crippen molar-refractivity contribution in [1.29, 1.82) is 0 Å². The van der Waals surface area contributed by atoms with Crippen LogP contribution < -0.4 is 10.9 Å². The standard InChI is InChI=1S/C19H23BN2O3/c1-18(2)19(3,4)25-20(24-18)16-11-10-15(13-21-16)17(23)22-12-14-8-6-5-7-9-14/h5-11,13H,12H2,1-4H3,(H,22,23). The number of carbonyl (C=O) groups excluding carboxylic acids is 1.